The number of nitrogens with one attached hydrogen (secondary N) is 1. The number of nitrogens with zero attached hydrogens (tertiary/aromatic N) is 4. The van der Waals surface area contributed by atoms with Crippen molar-refractivity contribution in [2.45, 2.75) is 35.2 Å². The molecule has 0 atom stereocenters. The smallest absolute Gasteiger partial charge is 0.230 e. The Morgan fingerprint density at radius 3 is 2.57 bits per heavy atom. The van der Waals surface area contributed by atoms with Crippen molar-refractivity contribution >= 4 is 29.4 Å². The number of tetrazole rings is 1. The summed E-state index contributed by atoms with van der Waals surface area (Å²) in [7, 11) is 0. The Morgan fingerprint density at radius 1 is 1.03 bits per heavy atom. The summed E-state index contributed by atoms with van der Waals surface area (Å²) in [6, 6.07) is 18.3. The van der Waals surface area contributed by atoms with Crippen molar-refractivity contribution in [1.29, 1.82) is 0 Å². The molecule has 3 N–H and O–H groups in total. The van der Waals surface area contributed by atoms with E-state index < -0.39 is 0 Å². The summed E-state index contributed by atoms with van der Waals surface area (Å²) in [5, 5.41) is 36.0. The van der Waals surface area contributed by atoms with Crippen LogP contribution in [0.1, 0.15) is 17.5 Å². The quantitative estimate of drug-likeness (QED) is 0.144. The highest BCUT2D eigenvalue weighted by atomic mass is 32.2. The van der Waals surface area contributed by atoms with Crippen molar-refractivity contribution in [1.82, 2.24) is 25.5 Å². The molecule has 192 valence electrons. The SMILES string of the molecule is Cc1ccc(OCCCNC(=O)CSc2cc(O)c(Sc3nnnn3-c3ccccc3)cc2O)c(C)c1. The molecule has 0 unspecified atom stereocenters. The van der Waals surface area contributed by atoms with Gasteiger partial charge in [-0.15, -0.1) is 16.9 Å². The number of ether oxygens (including phenoxy) is 1. The molecule has 0 radical (unpaired) electrons. The van der Waals surface area contributed by atoms with Crippen LogP contribution in [-0.2, 0) is 4.79 Å². The van der Waals surface area contributed by atoms with Gasteiger partial charge in [-0.25, -0.2) is 0 Å². The molecule has 3 aromatic carbocycles. The van der Waals surface area contributed by atoms with Crippen LogP contribution < -0.4 is 10.1 Å². The lowest BCUT2D eigenvalue weighted by atomic mass is 10.1. The standard InChI is InChI=1S/C26H27N5O4S2/c1-17-9-10-22(18(2)13-17)35-12-6-11-27-25(34)16-36-23-14-21(33)24(15-20(23)32)37-26-28-29-30-31(26)19-7-4-3-5-8-19/h3-5,7-10,13-15,32-33H,6,11-12,16H2,1-2H3,(H,27,34). The summed E-state index contributed by atoms with van der Waals surface area (Å²) < 4.78 is 7.32. The predicted molar refractivity (Wildman–Crippen MR) is 143 cm³/mol. The zero-order valence-electron chi connectivity index (χ0n) is 20.4. The number of amides is 1. The van der Waals surface area contributed by atoms with E-state index in [0.717, 1.165) is 40.5 Å². The van der Waals surface area contributed by atoms with Crippen molar-refractivity contribution in [3.05, 3.63) is 71.8 Å². The van der Waals surface area contributed by atoms with E-state index in [2.05, 4.69) is 26.9 Å². The molecule has 9 nitrogen and oxygen atoms in total. The molecule has 1 heterocycles. The minimum absolute atomic E-state index is 0.0429. The molecule has 0 aliphatic heterocycles. The molecule has 1 amide bonds. The van der Waals surface area contributed by atoms with Crippen LogP contribution in [0.3, 0.4) is 0 Å². The lowest BCUT2D eigenvalue weighted by Gasteiger charge is -2.11. The van der Waals surface area contributed by atoms with E-state index in [1.807, 2.05) is 56.3 Å². The van der Waals surface area contributed by atoms with E-state index >= 15 is 0 Å². The second kappa shape index (κ2) is 12.5. The van der Waals surface area contributed by atoms with Crippen molar-refractivity contribution in [2.24, 2.45) is 0 Å². The molecule has 0 bridgehead atoms. The average Bonchev–Trinajstić information content (AvgIpc) is 3.35. The maximum atomic E-state index is 12.2. The Kier molecular flexibility index (Phi) is 8.91. The number of aryl methyl sites for hydroxylation is 2. The third-order valence-corrected chi connectivity index (χ3v) is 7.30. The molecule has 11 heteroatoms. The molecule has 4 aromatic rings. The molecule has 0 fully saturated rings. The van der Waals surface area contributed by atoms with Crippen LogP contribution in [0.25, 0.3) is 5.69 Å². The molecule has 1 aromatic heterocycles. The monoisotopic (exact) mass is 537 g/mol. The van der Waals surface area contributed by atoms with Gasteiger partial charge in [0.15, 0.2) is 0 Å². The fraction of sp³-hybridized carbons (Fsp3) is 0.231. The number of phenolic OH excluding ortho intramolecular Hbond substituents is 2. The Hall–Kier alpha value is -3.70. The van der Waals surface area contributed by atoms with Gasteiger partial charge in [0.25, 0.3) is 0 Å². The van der Waals surface area contributed by atoms with Gasteiger partial charge in [-0.3, -0.25) is 4.79 Å². The van der Waals surface area contributed by atoms with Gasteiger partial charge in [0.05, 0.1) is 27.8 Å². The maximum absolute atomic E-state index is 12.2. The highest BCUT2D eigenvalue weighted by Gasteiger charge is 2.16. The summed E-state index contributed by atoms with van der Waals surface area (Å²) in [5.41, 5.74) is 3.04. The lowest BCUT2D eigenvalue weighted by molar-refractivity contribution is -0.118. The van der Waals surface area contributed by atoms with Crippen LogP contribution in [0, 0.1) is 13.8 Å². The minimum Gasteiger partial charge on any atom is -0.507 e. The number of phenols is 2. The summed E-state index contributed by atoms with van der Waals surface area (Å²) >= 11 is 2.26. The first-order chi connectivity index (χ1) is 17.9. The van der Waals surface area contributed by atoms with Gasteiger partial charge in [0.1, 0.15) is 17.2 Å². The Balaban J connectivity index is 1.25. The number of carbonyl (C=O) groups is 1. The highest BCUT2D eigenvalue weighted by Crippen LogP contribution is 2.41. The average molecular weight is 538 g/mol. The summed E-state index contributed by atoms with van der Waals surface area (Å²) in [6.07, 6.45) is 0.671. The van der Waals surface area contributed by atoms with Gasteiger partial charge in [-0.2, -0.15) is 4.68 Å². The number of aromatic nitrogens is 4. The van der Waals surface area contributed by atoms with Gasteiger partial charge in [-0.05, 0) is 78.4 Å². The topological polar surface area (TPSA) is 122 Å². The first kappa shape index (κ1) is 26.4. The van der Waals surface area contributed by atoms with Gasteiger partial charge < -0.3 is 20.3 Å². The number of hydrogen-bond donors (Lipinski definition) is 3. The Bertz CT molecular complexity index is 1360. The zero-order valence-corrected chi connectivity index (χ0v) is 22.1. The largest absolute Gasteiger partial charge is 0.507 e. The van der Waals surface area contributed by atoms with Crippen LogP contribution in [0.15, 0.2) is 75.6 Å². The van der Waals surface area contributed by atoms with Gasteiger partial charge in [0.2, 0.25) is 11.1 Å². The highest BCUT2D eigenvalue weighted by molar-refractivity contribution is 8.00. The summed E-state index contributed by atoms with van der Waals surface area (Å²) in [4.78, 5) is 13.0. The molecular formula is C26H27N5O4S2. The number of benzene rings is 3. The number of hydrogen-bond acceptors (Lipinski definition) is 9. The van der Waals surface area contributed by atoms with E-state index in [0.29, 0.717) is 34.5 Å². The molecule has 0 saturated heterocycles. The number of aromatic hydroxyl groups is 2. The van der Waals surface area contributed by atoms with E-state index in [1.54, 1.807) is 4.68 Å². The Labute approximate surface area is 223 Å². The van der Waals surface area contributed by atoms with E-state index in [9.17, 15) is 15.0 Å². The molecular weight excluding hydrogens is 510 g/mol. The normalized spacial score (nSPS) is 10.9. The van der Waals surface area contributed by atoms with Crippen LogP contribution in [0.2, 0.25) is 0 Å². The van der Waals surface area contributed by atoms with Gasteiger partial charge in [0, 0.05) is 6.54 Å². The fourth-order valence-electron chi connectivity index (χ4n) is 3.45. The fourth-order valence-corrected chi connectivity index (χ4v) is 5.07. The van der Waals surface area contributed by atoms with Crippen molar-refractivity contribution in [3.8, 4) is 22.9 Å². The predicted octanol–water partition coefficient (Wildman–Crippen LogP) is 4.52. The van der Waals surface area contributed by atoms with E-state index in [-0.39, 0.29) is 23.2 Å². The minimum atomic E-state index is -0.170. The molecule has 0 aliphatic rings. The van der Waals surface area contributed by atoms with Crippen molar-refractivity contribution < 1.29 is 19.7 Å². The molecule has 0 saturated carbocycles. The van der Waals surface area contributed by atoms with Gasteiger partial charge >= 0.3 is 0 Å². The molecule has 0 spiro atoms. The lowest BCUT2D eigenvalue weighted by Crippen LogP contribution is -2.27. The number of rotatable bonds is 11. The molecule has 0 aliphatic carbocycles. The number of carbonyl (C=O) groups excluding carboxylic acids is 1. The van der Waals surface area contributed by atoms with Crippen LogP contribution in [0.4, 0.5) is 0 Å². The van der Waals surface area contributed by atoms with Gasteiger partial charge in [-0.1, -0.05) is 35.9 Å². The van der Waals surface area contributed by atoms with E-state index in [4.69, 9.17) is 4.74 Å². The van der Waals surface area contributed by atoms with Crippen molar-refractivity contribution in [3.63, 3.8) is 0 Å². The Morgan fingerprint density at radius 2 is 1.78 bits per heavy atom. The van der Waals surface area contributed by atoms with Crippen LogP contribution in [0.5, 0.6) is 17.2 Å². The zero-order chi connectivity index (χ0) is 26.2. The third-order valence-electron chi connectivity index (χ3n) is 5.27. The first-order valence-corrected chi connectivity index (χ1v) is 13.4. The molecule has 4 rings (SSSR count). The molecule has 37 heavy (non-hydrogen) atoms. The second-order valence-corrected chi connectivity index (χ2v) is 10.2. The van der Waals surface area contributed by atoms with Crippen molar-refractivity contribution in [2.75, 3.05) is 18.9 Å². The van der Waals surface area contributed by atoms with Crippen LogP contribution in [-0.4, -0.2) is 55.2 Å². The first-order valence-electron chi connectivity index (χ1n) is 11.6. The van der Waals surface area contributed by atoms with Crippen LogP contribution >= 0.6 is 23.5 Å². The number of thioether (sulfide) groups is 1. The maximum Gasteiger partial charge on any atom is 0.230 e. The third kappa shape index (κ3) is 7.17. The number of para-hydroxylation sites is 1. The van der Waals surface area contributed by atoms with E-state index in [1.165, 1.54) is 17.7 Å². The summed E-state index contributed by atoms with van der Waals surface area (Å²) in [6.45, 7) is 5.02. The second-order valence-electron chi connectivity index (χ2n) is 8.21. The summed E-state index contributed by atoms with van der Waals surface area (Å²) in [5.74, 6) is 0.691.